The van der Waals surface area contributed by atoms with Crippen molar-refractivity contribution >= 4 is 39.1 Å². The molecule has 1 aromatic carbocycles. The number of benzene rings is 1. The summed E-state index contributed by atoms with van der Waals surface area (Å²) in [5.41, 5.74) is 0.781. The summed E-state index contributed by atoms with van der Waals surface area (Å²) in [6.45, 7) is 0. The van der Waals surface area contributed by atoms with Crippen LogP contribution in [0.15, 0.2) is 16.6 Å². The zero-order valence-electron chi connectivity index (χ0n) is 5.94. The van der Waals surface area contributed by atoms with Crippen LogP contribution in [0.3, 0.4) is 0 Å². The molecule has 0 N–H and O–H groups in total. The molecule has 0 unspecified atom stereocenters. The highest BCUT2D eigenvalue weighted by atomic mass is 79.9. The maximum atomic E-state index is 8.48. The highest BCUT2D eigenvalue weighted by Crippen LogP contribution is 2.29. The van der Waals surface area contributed by atoms with E-state index in [1.807, 2.05) is 6.07 Å². The molecule has 0 aliphatic carbocycles. The molecule has 1 rings (SSSR count). The first kappa shape index (κ1) is 9.85. The monoisotopic (exact) mass is 263 g/mol. The number of nitriles is 1. The van der Waals surface area contributed by atoms with Crippen LogP contribution < -0.4 is 0 Å². The zero-order valence-corrected chi connectivity index (χ0v) is 9.04. The molecule has 62 valence electrons. The highest BCUT2D eigenvalue weighted by Gasteiger charge is 2.05. The van der Waals surface area contributed by atoms with E-state index < -0.39 is 0 Å². The summed E-state index contributed by atoms with van der Waals surface area (Å²) < 4.78 is 0.779. The molecule has 12 heavy (non-hydrogen) atoms. The Kier molecular flexibility index (Phi) is 3.39. The predicted octanol–water partition coefficient (Wildman–Crippen LogP) is 3.82. The minimum Gasteiger partial charge on any atom is -0.198 e. The van der Waals surface area contributed by atoms with Crippen LogP contribution in [0.2, 0.25) is 10.0 Å². The molecule has 0 aliphatic rings. The minimum atomic E-state index is 0.288. The number of hydrogen-bond acceptors (Lipinski definition) is 1. The standard InChI is InChI=1S/C8H4BrCl2N/c9-7-3-5(10)4-8(11)6(7)1-2-12/h3-4H,1H2. The van der Waals surface area contributed by atoms with E-state index >= 15 is 0 Å². The van der Waals surface area contributed by atoms with Crippen molar-refractivity contribution in [2.45, 2.75) is 6.42 Å². The minimum absolute atomic E-state index is 0.288. The molecular weight excluding hydrogens is 261 g/mol. The Bertz CT molecular complexity index is 320. The molecule has 0 aromatic heterocycles. The third-order valence-corrected chi connectivity index (χ3v) is 2.62. The zero-order chi connectivity index (χ0) is 9.14. The maximum Gasteiger partial charge on any atom is 0.0670 e. The second-order valence-corrected chi connectivity index (χ2v) is 3.88. The van der Waals surface area contributed by atoms with Gasteiger partial charge < -0.3 is 0 Å². The first-order valence-electron chi connectivity index (χ1n) is 3.15. The van der Waals surface area contributed by atoms with Crippen LogP contribution in [0.4, 0.5) is 0 Å². The van der Waals surface area contributed by atoms with Gasteiger partial charge in [0.15, 0.2) is 0 Å². The van der Waals surface area contributed by atoms with Gasteiger partial charge in [-0.1, -0.05) is 39.1 Å². The van der Waals surface area contributed by atoms with Gasteiger partial charge in [-0.05, 0) is 17.7 Å². The largest absolute Gasteiger partial charge is 0.198 e. The maximum absolute atomic E-state index is 8.48. The van der Waals surface area contributed by atoms with Crippen molar-refractivity contribution in [2.75, 3.05) is 0 Å². The van der Waals surface area contributed by atoms with Gasteiger partial charge in [0.25, 0.3) is 0 Å². The van der Waals surface area contributed by atoms with Gasteiger partial charge in [-0.3, -0.25) is 0 Å². The Morgan fingerprint density at radius 3 is 2.58 bits per heavy atom. The van der Waals surface area contributed by atoms with Gasteiger partial charge in [0.2, 0.25) is 0 Å². The van der Waals surface area contributed by atoms with Gasteiger partial charge in [0.05, 0.1) is 12.5 Å². The Balaban J connectivity index is 3.21. The summed E-state index contributed by atoms with van der Waals surface area (Å²) in [4.78, 5) is 0. The molecule has 0 amide bonds. The van der Waals surface area contributed by atoms with Gasteiger partial charge in [0.1, 0.15) is 0 Å². The van der Waals surface area contributed by atoms with Crippen LogP contribution in [0, 0.1) is 11.3 Å². The summed E-state index contributed by atoms with van der Waals surface area (Å²) in [5.74, 6) is 0. The lowest BCUT2D eigenvalue weighted by Gasteiger charge is -2.02. The van der Waals surface area contributed by atoms with E-state index in [1.165, 1.54) is 0 Å². The molecule has 0 aliphatic heterocycles. The van der Waals surface area contributed by atoms with Crippen LogP contribution in [0.1, 0.15) is 5.56 Å². The lowest BCUT2D eigenvalue weighted by Crippen LogP contribution is -1.85. The highest BCUT2D eigenvalue weighted by molar-refractivity contribution is 9.10. The second kappa shape index (κ2) is 4.13. The van der Waals surface area contributed by atoms with E-state index in [4.69, 9.17) is 28.5 Å². The molecule has 0 saturated heterocycles. The Morgan fingerprint density at radius 2 is 2.08 bits per heavy atom. The van der Waals surface area contributed by atoms with Crippen molar-refractivity contribution in [1.29, 1.82) is 5.26 Å². The molecule has 0 radical (unpaired) electrons. The molecule has 0 fully saturated rings. The number of rotatable bonds is 1. The Labute approximate surface area is 89.0 Å². The molecule has 1 aromatic rings. The van der Waals surface area contributed by atoms with E-state index in [0.717, 1.165) is 10.0 Å². The molecule has 1 nitrogen and oxygen atoms in total. The van der Waals surface area contributed by atoms with Crippen molar-refractivity contribution in [1.82, 2.24) is 0 Å². The van der Waals surface area contributed by atoms with E-state index in [0.29, 0.717) is 10.0 Å². The van der Waals surface area contributed by atoms with Crippen molar-refractivity contribution in [2.24, 2.45) is 0 Å². The van der Waals surface area contributed by atoms with E-state index in [-0.39, 0.29) is 6.42 Å². The van der Waals surface area contributed by atoms with Gasteiger partial charge in [-0.15, -0.1) is 0 Å². The lowest BCUT2D eigenvalue weighted by atomic mass is 10.2. The number of nitrogens with zero attached hydrogens (tertiary/aromatic N) is 1. The van der Waals surface area contributed by atoms with E-state index in [1.54, 1.807) is 12.1 Å². The van der Waals surface area contributed by atoms with Crippen LogP contribution in [0.25, 0.3) is 0 Å². The number of hydrogen-bond donors (Lipinski definition) is 0. The Hall–Kier alpha value is -0.230. The molecule has 0 spiro atoms. The molecule has 0 heterocycles. The van der Waals surface area contributed by atoms with E-state index in [2.05, 4.69) is 15.9 Å². The van der Waals surface area contributed by atoms with Gasteiger partial charge in [0, 0.05) is 14.5 Å². The SMILES string of the molecule is N#CCc1c(Cl)cc(Cl)cc1Br. The molecule has 4 heteroatoms. The smallest absolute Gasteiger partial charge is 0.0670 e. The fourth-order valence-corrected chi connectivity index (χ4v) is 2.23. The van der Waals surface area contributed by atoms with Gasteiger partial charge in [-0.25, -0.2) is 0 Å². The predicted molar refractivity (Wildman–Crippen MR) is 53.5 cm³/mol. The molecular formula is C8H4BrCl2N. The normalized spacial score (nSPS) is 9.50. The fourth-order valence-electron chi connectivity index (χ4n) is 0.820. The Morgan fingerprint density at radius 1 is 1.42 bits per heavy atom. The van der Waals surface area contributed by atoms with E-state index in [9.17, 15) is 0 Å². The fraction of sp³-hybridized carbons (Fsp3) is 0.125. The van der Waals surface area contributed by atoms with Gasteiger partial charge >= 0.3 is 0 Å². The average Bonchev–Trinajstić information content (AvgIpc) is 1.96. The van der Waals surface area contributed by atoms with Crippen molar-refractivity contribution in [3.63, 3.8) is 0 Å². The molecule has 0 saturated carbocycles. The summed E-state index contributed by atoms with van der Waals surface area (Å²) in [6, 6.07) is 5.38. The third-order valence-electron chi connectivity index (χ3n) is 1.36. The topological polar surface area (TPSA) is 23.8 Å². The summed E-state index contributed by atoms with van der Waals surface area (Å²) in [6.07, 6.45) is 0.288. The first-order valence-corrected chi connectivity index (χ1v) is 4.70. The first-order chi connectivity index (χ1) is 5.65. The summed E-state index contributed by atoms with van der Waals surface area (Å²) in [5, 5.41) is 9.56. The third kappa shape index (κ3) is 2.13. The van der Waals surface area contributed by atoms with Gasteiger partial charge in [-0.2, -0.15) is 5.26 Å². The lowest BCUT2D eigenvalue weighted by molar-refractivity contribution is 1.25. The number of halogens is 3. The summed E-state index contributed by atoms with van der Waals surface area (Å²) in [7, 11) is 0. The second-order valence-electron chi connectivity index (χ2n) is 2.18. The van der Waals surface area contributed by atoms with Crippen LogP contribution in [-0.2, 0) is 6.42 Å². The molecule has 0 atom stereocenters. The summed E-state index contributed by atoms with van der Waals surface area (Å²) >= 11 is 14.9. The quantitative estimate of drug-likeness (QED) is 0.757. The average molecular weight is 265 g/mol. The van der Waals surface area contributed by atoms with Crippen molar-refractivity contribution in [3.05, 3.63) is 32.2 Å². The van der Waals surface area contributed by atoms with Crippen molar-refractivity contribution in [3.8, 4) is 6.07 Å². The van der Waals surface area contributed by atoms with Crippen LogP contribution in [0.5, 0.6) is 0 Å². The van der Waals surface area contributed by atoms with Crippen LogP contribution >= 0.6 is 39.1 Å². The van der Waals surface area contributed by atoms with Crippen molar-refractivity contribution < 1.29 is 0 Å². The molecule has 0 bridgehead atoms. The van der Waals surface area contributed by atoms with Crippen LogP contribution in [-0.4, -0.2) is 0 Å².